The van der Waals surface area contributed by atoms with Gasteiger partial charge >= 0.3 is 0 Å². The summed E-state index contributed by atoms with van der Waals surface area (Å²) in [7, 11) is 0. The molecule has 18 heavy (non-hydrogen) atoms. The number of hydrogen-bond acceptors (Lipinski definition) is 2. The first-order chi connectivity index (χ1) is 8.63. The van der Waals surface area contributed by atoms with Crippen LogP contribution in [0.5, 0.6) is 0 Å². The molecule has 2 aromatic rings. The third-order valence-electron chi connectivity index (χ3n) is 3.09. The molecule has 0 radical (unpaired) electrons. The number of nitrogens with one attached hydrogen (secondary N) is 1. The van der Waals surface area contributed by atoms with Crippen LogP contribution in [0.4, 0.5) is 21.5 Å². The summed E-state index contributed by atoms with van der Waals surface area (Å²) in [4.78, 5) is 4.36. The average molecular weight is 240 g/mol. The van der Waals surface area contributed by atoms with Crippen molar-refractivity contribution < 1.29 is 4.39 Å². The molecule has 0 atom stereocenters. The van der Waals surface area contributed by atoms with Gasteiger partial charge in [-0.15, -0.1) is 0 Å². The highest BCUT2D eigenvalue weighted by molar-refractivity contribution is 5.95. The Balaban J connectivity index is 2.20. The number of anilines is 2. The molecule has 2 nitrogen and oxygen atoms in total. The molecule has 1 aliphatic heterocycles. The van der Waals surface area contributed by atoms with Crippen molar-refractivity contribution in [1.29, 1.82) is 0 Å². The first kappa shape index (κ1) is 11.0. The summed E-state index contributed by atoms with van der Waals surface area (Å²) >= 11 is 0. The van der Waals surface area contributed by atoms with Crippen LogP contribution >= 0.6 is 0 Å². The summed E-state index contributed by atoms with van der Waals surface area (Å²) in [5.41, 5.74) is 5.56. The second kappa shape index (κ2) is 3.95. The van der Waals surface area contributed by atoms with E-state index in [-0.39, 0.29) is 5.82 Å². The second-order valence-corrected chi connectivity index (χ2v) is 4.59. The van der Waals surface area contributed by atoms with Gasteiger partial charge in [-0.25, -0.2) is 4.39 Å². The van der Waals surface area contributed by atoms with Crippen molar-refractivity contribution in [3.05, 3.63) is 52.8 Å². The van der Waals surface area contributed by atoms with E-state index in [1.165, 1.54) is 17.7 Å². The fraction of sp³-hybridized carbons (Fsp3) is 0.133. The van der Waals surface area contributed by atoms with Gasteiger partial charge < -0.3 is 5.32 Å². The fourth-order valence-electron chi connectivity index (χ4n) is 2.17. The molecule has 0 spiro atoms. The van der Waals surface area contributed by atoms with E-state index in [9.17, 15) is 4.39 Å². The van der Waals surface area contributed by atoms with Crippen LogP contribution in [0.25, 0.3) is 0 Å². The molecule has 0 unspecified atom stereocenters. The zero-order chi connectivity index (χ0) is 12.7. The Kier molecular flexibility index (Phi) is 2.40. The molecular weight excluding hydrogens is 227 g/mol. The summed E-state index contributed by atoms with van der Waals surface area (Å²) in [6, 6.07) is 9.09. The largest absolute Gasteiger partial charge is 0.353 e. The highest BCUT2D eigenvalue weighted by Crippen LogP contribution is 2.35. The van der Waals surface area contributed by atoms with Crippen LogP contribution in [-0.2, 0) is 0 Å². The smallest absolute Gasteiger partial charge is 0.125 e. The zero-order valence-electron chi connectivity index (χ0n) is 10.3. The van der Waals surface area contributed by atoms with Crippen LogP contribution in [0.2, 0.25) is 0 Å². The average Bonchev–Trinajstić information content (AvgIpc) is 2.49. The summed E-state index contributed by atoms with van der Waals surface area (Å²) in [6.07, 6.45) is 1.78. The Morgan fingerprint density at radius 3 is 2.78 bits per heavy atom. The minimum atomic E-state index is -0.257. The van der Waals surface area contributed by atoms with Gasteiger partial charge in [-0.05, 0) is 37.6 Å². The van der Waals surface area contributed by atoms with Crippen LogP contribution < -0.4 is 5.32 Å². The van der Waals surface area contributed by atoms with E-state index < -0.39 is 0 Å². The van der Waals surface area contributed by atoms with Gasteiger partial charge in [-0.1, -0.05) is 11.6 Å². The Morgan fingerprint density at radius 1 is 1.11 bits per heavy atom. The van der Waals surface area contributed by atoms with E-state index in [0.29, 0.717) is 5.69 Å². The van der Waals surface area contributed by atoms with E-state index in [1.54, 1.807) is 6.21 Å². The van der Waals surface area contributed by atoms with Crippen molar-refractivity contribution in [3.8, 4) is 0 Å². The van der Waals surface area contributed by atoms with Crippen LogP contribution in [0.15, 0.2) is 35.3 Å². The molecule has 1 aliphatic rings. The minimum Gasteiger partial charge on any atom is -0.353 e. The predicted octanol–water partition coefficient (Wildman–Crippen LogP) is 4.25. The number of nitrogens with zero attached hydrogens (tertiary/aromatic N) is 1. The molecule has 0 saturated carbocycles. The van der Waals surface area contributed by atoms with Crippen LogP contribution in [0.1, 0.15) is 16.7 Å². The molecule has 0 amide bonds. The molecular formula is C15H13FN2. The lowest BCUT2D eigenvalue weighted by Crippen LogP contribution is -1.96. The van der Waals surface area contributed by atoms with E-state index in [0.717, 1.165) is 22.5 Å². The van der Waals surface area contributed by atoms with Gasteiger partial charge in [-0.2, -0.15) is 0 Å². The quantitative estimate of drug-likeness (QED) is 0.624. The lowest BCUT2D eigenvalue weighted by molar-refractivity contribution is 0.627. The van der Waals surface area contributed by atoms with E-state index in [2.05, 4.69) is 16.4 Å². The number of aliphatic imine (C=N–C) groups is 1. The molecule has 0 saturated heterocycles. The van der Waals surface area contributed by atoms with Crippen molar-refractivity contribution in [2.45, 2.75) is 13.8 Å². The molecule has 0 aromatic heterocycles. The number of fused-ring (bicyclic) bond motifs is 2. The van der Waals surface area contributed by atoms with Gasteiger partial charge in [-0.3, -0.25) is 4.99 Å². The highest BCUT2D eigenvalue weighted by atomic mass is 19.1. The normalized spacial score (nSPS) is 12.4. The molecule has 90 valence electrons. The monoisotopic (exact) mass is 240 g/mol. The number of rotatable bonds is 0. The third-order valence-corrected chi connectivity index (χ3v) is 3.09. The lowest BCUT2D eigenvalue weighted by atomic mass is 10.1. The Labute approximate surface area is 105 Å². The minimum absolute atomic E-state index is 0.257. The lowest BCUT2D eigenvalue weighted by Gasteiger charge is -2.12. The van der Waals surface area contributed by atoms with Crippen LogP contribution in [0.3, 0.4) is 0 Å². The van der Waals surface area contributed by atoms with E-state index >= 15 is 0 Å². The standard InChI is InChI=1S/C15H13FN2/c1-9-3-4-13-11(5-9)8-17-14-7-12(16)6-10(2)15(14)18-13/h3-8,18H,1-2H3. The molecule has 3 heteroatoms. The fourth-order valence-corrected chi connectivity index (χ4v) is 2.17. The SMILES string of the molecule is Cc1ccc2c(c1)C=Nc1cc(F)cc(C)c1N2. The van der Waals surface area contributed by atoms with Gasteiger partial charge in [0.2, 0.25) is 0 Å². The third kappa shape index (κ3) is 1.78. The van der Waals surface area contributed by atoms with Gasteiger partial charge in [0.05, 0.1) is 11.4 Å². The van der Waals surface area contributed by atoms with Gasteiger partial charge in [0.25, 0.3) is 0 Å². The second-order valence-electron chi connectivity index (χ2n) is 4.59. The van der Waals surface area contributed by atoms with Crippen LogP contribution in [0, 0.1) is 19.7 Å². The predicted molar refractivity (Wildman–Crippen MR) is 72.9 cm³/mol. The molecule has 0 aliphatic carbocycles. The van der Waals surface area contributed by atoms with Crippen LogP contribution in [-0.4, -0.2) is 6.21 Å². The Morgan fingerprint density at radius 2 is 1.94 bits per heavy atom. The maximum atomic E-state index is 13.4. The Hall–Kier alpha value is -2.16. The van der Waals surface area contributed by atoms with Crippen molar-refractivity contribution in [3.63, 3.8) is 0 Å². The van der Waals surface area contributed by atoms with Gasteiger partial charge in [0.15, 0.2) is 0 Å². The van der Waals surface area contributed by atoms with Crippen molar-refractivity contribution >= 4 is 23.3 Å². The van der Waals surface area contributed by atoms with E-state index in [1.807, 2.05) is 26.0 Å². The molecule has 0 fully saturated rings. The number of halogens is 1. The first-order valence-electron chi connectivity index (χ1n) is 5.85. The summed E-state index contributed by atoms with van der Waals surface area (Å²) in [5.74, 6) is -0.257. The molecule has 3 rings (SSSR count). The van der Waals surface area contributed by atoms with Crippen molar-refractivity contribution in [2.75, 3.05) is 5.32 Å². The van der Waals surface area contributed by atoms with E-state index in [4.69, 9.17) is 0 Å². The highest BCUT2D eigenvalue weighted by Gasteiger charge is 2.13. The topological polar surface area (TPSA) is 24.4 Å². The summed E-state index contributed by atoms with van der Waals surface area (Å²) in [6.45, 7) is 3.92. The van der Waals surface area contributed by atoms with Gasteiger partial charge in [0, 0.05) is 23.5 Å². The maximum absolute atomic E-state index is 13.4. The molecule has 2 aromatic carbocycles. The zero-order valence-corrected chi connectivity index (χ0v) is 10.3. The first-order valence-corrected chi connectivity index (χ1v) is 5.85. The number of aryl methyl sites for hydroxylation is 2. The summed E-state index contributed by atoms with van der Waals surface area (Å²) < 4.78 is 13.4. The molecule has 1 heterocycles. The molecule has 0 bridgehead atoms. The molecule has 1 N–H and O–H groups in total. The van der Waals surface area contributed by atoms with Gasteiger partial charge in [0.1, 0.15) is 5.82 Å². The van der Waals surface area contributed by atoms with Crippen molar-refractivity contribution in [1.82, 2.24) is 0 Å². The number of hydrogen-bond donors (Lipinski definition) is 1. The summed E-state index contributed by atoms with van der Waals surface area (Å²) in [5, 5.41) is 3.33. The maximum Gasteiger partial charge on any atom is 0.125 e. The Bertz CT molecular complexity index is 660. The number of benzene rings is 2. The van der Waals surface area contributed by atoms with Crippen molar-refractivity contribution in [2.24, 2.45) is 4.99 Å².